The van der Waals surface area contributed by atoms with E-state index in [1.165, 1.54) is 0 Å². The third-order valence-electron chi connectivity index (χ3n) is 6.63. The molecule has 2 heterocycles. The van der Waals surface area contributed by atoms with Crippen molar-refractivity contribution in [2.24, 2.45) is 35.5 Å². The second-order valence-electron chi connectivity index (χ2n) is 8.28. The van der Waals surface area contributed by atoms with Crippen LogP contribution in [-0.2, 0) is 45.6 Å². The second kappa shape index (κ2) is 8.74. The van der Waals surface area contributed by atoms with E-state index in [1.807, 2.05) is 0 Å². The summed E-state index contributed by atoms with van der Waals surface area (Å²) in [6.07, 6.45) is 2.78. The summed E-state index contributed by atoms with van der Waals surface area (Å²) in [7, 11) is 0. The van der Waals surface area contributed by atoms with Crippen LogP contribution in [-0.4, -0.2) is 82.0 Å². The van der Waals surface area contributed by atoms with Gasteiger partial charge < -0.3 is 0 Å². The van der Waals surface area contributed by atoms with E-state index in [4.69, 9.17) is 16.9 Å². The molecule has 0 aromatic rings. The molecular formula is C18H18Bi2O12. The summed E-state index contributed by atoms with van der Waals surface area (Å²) in [5.41, 5.74) is 0. The predicted molar refractivity (Wildman–Crippen MR) is 96.7 cm³/mol. The predicted octanol–water partition coefficient (Wildman–Crippen LogP) is -0.679. The van der Waals surface area contributed by atoms with Gasteiger partial charge in [-0.15, -0.1) is 0 Å². The first-order chi connectivity index (χ1) is 15.3. The first-order valence-electron chi connectivity index (χ1n) is 10.2. The first kappa shape index (κ1) is 22.4. The van der Waals surface area contributed by atoms with Crippen molar-refractivity contribution >= 4 is 82.0 Å². The third-order valence-corrected chi connectivity index (χ3v) is 14.3. The molecule has 2 aliphatic heterocycles. The molecule has 0 spiro atoms. The van der Waals surface area contributed by atoms with E-state index in [9.17, 15) is 28.8 Å². The Morgan fingerprint density at radius 2 is 0.844 bits per heavy atom. The number of hydrogen-bond donors (Lipinski definition) is 0. The van der Waals surface area contributed by atoms with Gasteiger partial charge in [0.2, 0.25) is 0 Å². The summed E-state index contributed by atoms with van der Waals surface area (Å²) in [5, 5.41) is 0. The van der Waals surface area contributed by atoms with Crippen LogP contribution in [0.4, 0.5) is 0 Å². The van der Waals surface area contributed by atoms with Crippen molar-refractivity contribution < 1.29 is 45.6 Å². The topological polar surface area (TPSA) is 158 Å². The van der Waals surface area contributed by atoms with E-state index in [0.717, 1.165) is 0 Å². The van der Waals surface area contributed by atoms with Crippen LogP contribution in [0.15, 0.2) is 0 Å². The van der Waals surface area contributed by atoms with Crippen LogP contribution in [0.3, 0.4) is 0 Å². The van der Waals surface area contributed by atoms with Gasteiger partial charge in [0.25, 0.3) is 0 Å². The van der Waals surface area contributed by atoms with Crippen LogP contribution in [0.2, 0.25) is 0 Å². The van der Waals surface area contributed by atoms with Gasteiger partial charge in [-0.1, -0.05) is 0 Å². The minimum atomic E-state index is -4.10. The molecule has 5 aliphatic rings. The molecule has 0 bridgehead atoms. The van der Waals surface area contributed by atoms with E-state index >= 15 is 0 Å². The quantitative estimate of drug-likeness (QED) is 0.330. The molecule has 0 aromatic heterocycles. The number of carbonyl (C=O) groups is 6. The second-order valence-corrected chi connectivity index (χ2v) is 16.0. The van der Waals surface area contributed by atoms with E-state index < -0.39 is 117 Å². The molecule has 0 N–H and O–H groups in total. The molecule has 12 nitrogen and oxygen atoms in total. The molecule has 0 amide bonds. The Kier molecular flexibility index (Phi) is 6.12. The number of carbonyl (C=O) groups excluding carboxylic acids is 6. The molecule has 6 atom stereocenters. The third kappa shape index (κ3) is 4.02. The molecule has 0 aromatic carbocycles. The average molecular weight is 844 g/mol. The van der Waals surface area contributed by atoms with Gasteiger partial charge in [-0.25, -0.2) is 0 Å². The fraction of sp³-hybridized carbons (Fsp3) is 0.667. The van der Waals surface area contributed by atoms with Gasteiger partial charge in [-0.3, -0.25) is 0 Å². The van der Waals surface area contributed by atoms with Crippen molar-refractivity contribution in [3.05, 3.63) is 0 Å². The summed E-state index contributed by atoms with van der Waals surface area (Å²) >= 11 is -8.20. The van der Waals surface area contributed by atoms with Crippen molar-refractivity contribution in [3.8, 4) is 0 Å². The summed E-state index contributed by atoms with van der Waals surface area (Å²) < 4.78 is 31.0. The Balaban J connectivity index is 1.16. The standard InChI is InChI=1S/3C6H8O4.2Bi/c3*7-5(8)3-1-2-4(3)6(9)10;;/h3*3-4H,1-2H2,(H,7,8)(H,9,10);;/q;;;2*+3/p-6. The zero-order valence-electron chi connectivity index (χ0n) is 16.5. The van der Waals surface area contributed by atoms with Crippen molar-refractivity contribution in [2.45, 2.75) is 38.5 Å². The van der Waals surface area contributed by atoms with Gasteiger partial charge in [-0.2, -0.15) is 0 Å². The van der Waals surface area contributed by atoms with Crippen molar-refractivity contribution in [1.29, 1.82) is 0 Å². The monoisotopic (exact) mass is 844 g/mol. The summed E-state index contributed by atoms with van der Waals surface area (Å²) in [4.78, 5) is 73.3. The molecule has 14 heteroatoms. The van der Waals surface area contributed by atoms with E-state index in [1.54, 1.807) is 0 Å². The molecule has 6 unspecified atom stereocenters. The van der Waals surface area contributed by atoms with Gasteiger partial charge in [0.1, 0.15) is 0 Å². The normalized spacial score (nSPS) is 36.6. The Bertz CT molecular complexity index is 784. The van der Waals surface area contributed by atoms with Crippen LogP contribution in [0.5, 0.6) is 0 Å². The SMILES string of the molecule is O=C([O][Bi]1[O]C(=O)C2CCC2C(=O)[O]1)C1CCC1C(=O)[O][Bi]1[O]C(=O)C2CCC2C(=O)[O]1. The van der Waals surface area contributed by atoms with E-state index in [0.29, 0.717) is 38.5 Å². The molecule has 32 heavy (non-hydrogen) atoms. The van der Waals surface area contributed by atoms with Crippen LogP contribution in [0.25, 0.3) is 0 Å². The number of hydrogen-bond acceptors (Lipinski definition) is 12. The van der Waals surface area contributed by atoms with Crippen LogP contribution >= 0.6 is 0 Å². The molecule has 2 saturated heterocycles. The van der Waals surface area contributed by atoms with Gasteiger partial charge in [-0.05, 0) is 0 Å². The molecular weight excluding hydrogens is 826 g/mol. The van der Waals surface area contributed by atoms with Gasteiger partial charge >= 0.3 is 202 Å². The molecule has 3 aliphatic carbocycles. The van der Waals surface area contributed by atoms with E-state index in [2.05, 4.69) is 0 Å². The fourth-order valence-electron chi connectivity index (χ4n) is 4.15. The zero-order valence-corrected chi connectivity index (χ0v) is 23.5. The maximum absolute atomic E-state index is 12.5. The minimum absolute atomic E-state index is 0.326. The van der Waals surface area contributed by atoms with Crippen LogP contribution in [0, 0.1) is 35.5 Å². The Morgan fingerprint density at radius 3 is 1.06 bits per heavy atom. The molecule has 5 rings (SSSR count). The number of fused-ring (bicyclic) bond motifs is 2. The maximum atomic E-state index is 12.5. The average Bonchev–Trinajstić information content (AvgIpc) is 2.69. The Morgan fingerprint density at radius 1 is 0.562 bits per heavy atom. The van der Waals surface area contributed by atoms with Gasteiger partial charge in [0.05, 0.1) is 0 Å². The summed E-state index contributed by atoms with van der Waals surface area (Å²) in [5.74, 6) is -7.82. The van der Waals surface area contributed by atoms with Crippen molar-refractivity contribution in [2.75, 3.05) is 0 Å². The fourth-order valence-corrected chi connectivity index (χ4v) is 11.6. The summed E-state index contributed by atoms with van der Waals surface area (Å²) in [6, 6.07) is 0. The molecule has 3 saturated carbocycles. The number of rotatable bonds is 4. The summed E-state index contributed by atoms with van der Waals surface area (Å²) in [6.45, 7) is 0. The molecule has 172 valence electrons. The molecule has 0 radical (unpaired) electrons. The van der Waals surface area contributed by atoms with E-state index in [-0.39, 0.29) is 0 Å². The van der Waals surface area contributed by atoms with Crippen molar-refractivity contribution in [3.63, 3.8) is 0 Å². The van der Waals surface area contributed by atoms with Crippen LogP contribution in [0.1, 0.15) is 38.5 Å². The van der Waals surface area contributed by atoms with Crippen LogP contribution < -0.4 is 0 Å². The molecule has 5 fully saturated rings. The van der Waals surface area contributed by atoms with Gasteiger partial charge in [0.15, 0.2) is 0 Å². The zero-order chi connectivity index (χ0) is 22.6. The Hall–Kier alpha value is -1.41. The van der Waals surface area contributed by atoms with Crippen molar-refractivity contribution in [1.82, 2.24) is 0 Å². The first-order valence-corrected chi connectivity index (χ1v) is 18.7. The van der Waals surface area contributed by atoms with Gasteiger partial charge in [0, 0.05) is 0 Å². The Labute approximate surface area is 200 Å².